The van der Waals surface area contributed by atoms with Crippen LogP contribution in [0.4, 0.5) is 17.7 Å². The summed E-state index contributed by atoms with van der Waals surface area (Å²) in [6.45, 7) is 4.26. The summed E-state index contributed by atoms with van der Waals surface area (Å²) in [4.78, 5) is 22.2. The van der Waals surface area contributed by atoms with E-state index in [9.17, 15) is 0 Å². The number of benzene rings is 1. The molecule has 0 unspecified atom stereocenters. The second-order valence-electron chi connectivity index (χ2n) is 6.79. The van der Waals surface area contributed by atoms with Crippen molar-refractivity contribution in [3.63, 3.8) is 0 Å². The van der Waals surface area contributed by atoms with Crippen molar-refractivity contribution in [3.8, 4) is 5.75 Å². The molecule has 1 saturated heterocycles. The molecule has 0 radical (unpaired) electrons. The Morgan fingerprint density at radius 1 is 0.897 bits per heavy atom. The third kappa shape index (κ3) is 4.90. The van der Waals surface area contributed by atoms with Gasteiger partial charge in [-0.05, 0) is 36.2 Å². The van der Waals surface area contributed by atoms with Gasteiger partial charge in [-0.3, -0.25) is 0 Å². The molecule has 3 aromatic rings. The van der Waals surface area contributed by atoms with E-state index in [0.717, 1.165) is 56.7 Å². The molecule has 1 aliphatic rings. The van der Waals surface area contributed by atoms with Crippen LogP contribution in [0.2, 0.25) is 0 Å². The standard InChI is InChI=1S/C21H25N7O/c1-29-18-5-3-17(4-6-18)7-11-22-20-23-12-8-19(26-20)27-13-15-28(16-14-27)21-24-9-2-10-25-21/h2-6,8-10,12H,7,11,13-16H2,1H3,(H,22,23,26). The molecule has 1 N–H and O–H groups in total. The largest absolute Gasteiger partial charge is 0.497 e. The van der Waals surface area contributed by atoms with Crippen LogP contribution in [0.5, 0.6) is 5.75 Å². The average molecular weight is 391 g/mol. The van der Waals surface area contributed by atoms with Crippen LogP contribution in [-0.4, -0.2) is 59.8 Å². The molecule has 1 fully saturated rings. The maximum absolute atomic E-state index is 5.20. The lowest BCUT2D eigenvalue weighted by atomic mass is 10.1. The van der Waals surface area contributed by atoms with Crippen molar-refractivity contribution in [2.24, 2.45) is 0 Å². The van der Waals surface area contributed by atoms with E-state index in [1.165, 1.54) is 5.56 Å². The van der Waals surface area contributed by atoms with E-state index < -0.39 is 0 Å². The third-order valence-corrected chi connectivity index (χ3v) is 4.94. The van der Waals surface area contributed by atoms with Crippen LogP contribution < -0.4 is 19.9 Å². The summed E-state index contributed by atoms with van der Waals surface area (Å²) in [5.74, 6) is 3.26. The maximum atomic E-state index is 5.20. The summed E-state index contributed by atoms with van der Waals surface area (Å²) in [5.41, 5.74) is 1.24. The van der Waals surface area contributed by atoms with Crippen LogP contribution in [0.3, 0.4) is 0 Å². The molecule has 0 bridgehead atoms. The van der Waals surface area contributed by atoms with Crippen LogP contribution in [0.25, 0.3) is 0 Å². The molecule has 0 atom stereocenters. The van der Waals surface area contributed by atoms with Gasteiger partial charge in [0, 0.05) is 51.3 Å². The first-order valence-electron chi connectivity index (χ1n) is 9.78. The minimum Gasteiger partial charge on any atom is -0.497 e. The highest BCUT2D eigenvalue weighted by Gasteiger charge is 2.20. The van der Waals surface area contributed by atoms with Crippen LogP contribution >= 0.6 is 0 Å². The van der Waals surface area contributed by atoms with E-state index in [1.54, 1.807) is 19.5 Å². The zero-order chi connectivity index (χ0) is 19.9. The van der Waals surface area contributed by atoms with E-state index >= 15 is 0 Å². The average Bonchev–Trinajstić information content (AvgIpc) is 2.80. The monoisotopic (exact) mass is 391 g/mol. The third-order valence-electron chi connectivity index (χ3n) is 4.94. The molecule has 0 saturated carbocycles. The molecular formula is C21H25N7O. The summed E-state index contributed by atoms with van der Waals surface area (Å²) in [5, 5.41) is 3.33. The van der Waals surface area contributed by atoms with Gasteiger partial charge in [-0.25, -0.2) is 15.0 Å². The Balaban J connectivity index is 1.29. The van der Waals surface area contributed by atoms with Gasteiger partial charge in [0.2, 0.25) is 11.9 Å². The van der Waals surface area contributed by atoms with Gasteiger partial charge >= 0.3 is 0 Å². The fourth-order valence-corrected chi connectivity index (χ4v) is 3.31. The van der Waals surface area contributed by atoms with E-state index in [-0.39, 0.29) is 0 Å². The van der Waals surface area contributed by atoms with Gasteiger partial charge in [-0.1, -0.05) is 12.1 Å². The lowest BCUT2D eigenvalue weighted by Gasteiger charge is -2.35. The molecule has 4 rings (SSSR count). The molecule has 8 nitrogen and oxygen atoms in total. The Morgan fingerprint density at radius 2 is 1.62 bits per heavy atom. The molecule has 0 spiro atoms. The maximum Gasteiger partial charge on any atom is 0.225 e. The predicted molar refractivity (Wildman–Crippen MR) is 114 cm³/mol. The van der Waals surface area contributed by atoms with Gasteiger partial charge in [-0.15, -0.1) is 0 Å². The molecule has 0 aliphatic carbocycles. The van der Waals surface area contributed by atoms with Crippen molar-refractivity contribution in [1.82, 2.24) is 19.9 Å². The van der Waals surface area contributed by atoms with Crippen LogP contribution in [0.15, 0.2) is 55.0 Å². The number of rotatable bonds is 7. The predicted octanol–water partition coefficient (Wildman–Crippen LogP) is 2.26. The van der Waals surface area contributed by atoms with Crippen molar-refractivity contribution in [1.29, 1.82) is 0 Å². The molecule has 8 heteroatoms. The van der Waals surface area contributed by atoms with Gasteiger partial charge in [0.15, 0.2) is 0 Å². The summed E-state index contributed by atoms with van der Waals surface area (Å²) >= 11 is 0. The van der Waals surface area contributed by atoms with Crippen molar-refractivity contribution in [2.75, 3.05) is 55.0 Å². The SMILES string of the molecule is COc1ccc(CCNc2nccc(N3CCN(c4ncccn4)CC3)n2)cc1. The molecule has 29 heavy (non-hydrogen) atoms. The normalized spacial score (nSPS) is 14.0. The molecular weight excluding hydrogens is 366 g/mol. The van der Waals surface area contributed by atoms with Gasteiger partial charge in [0.25, 0.3) is 0 Å². The fourth-order valence-electron chi connectivity index (χ4n) is 3.31. The van der Waals surface area contributed by atoms with Gasteiger partial charge < -0.3 is 19.9 Å². The lowest BCUT2D eigenvalue weighted by Crippen LogP contribution is -2.47. The van der Waals surface area contributed by atoms with E-state index in [1.807, 2.05) is 30.5 Å². The molecule has 150 valence electrons. The Labute approximate surface area is 170 Å². The van der Waals surface area contributed by atoms with Crippen LogP contribution in [0.1, 0.15) is 5.56 Å². The number of piperazine rings is 1. The van der Waals surface area contributed by atoms with Gasteiger partial charge in [0.05, 0.1) is 7.11 Å². The second-order valence-corrected chi connectivity index (χ2v) is 6.79. The summed E-state index contributed by atoms with van der Waals surface area (Å²) in [6, 6.07) is 11.9. The van der Waals surface area contributed by atoms with Crippen LogP contribution in [0, 0.1) is 0 Å². The highest BCUT2D eigenvalue weighted by Crippen LogP contribution is 2.17. The Bertz CT molecular complexity index is 896. The number of aromatic nitrogens is 4. The summed E-state index contributed by atoms with van der Waals surface area (Å²) < 4.78 is 5.20. The number of ether oxygens (including phenoxy) is 1. The highest BCUT2D eigenvalue weighted by molar-refractivity contribution is 5.45. The molecule has 0 amide bonds. The second kappa shape index (κ2) is 9.18. The number of hydrogen-bond acceptors (Lipinski definition) is 8. The quantitative estimate of drug-likeness (QED) is 0.657. The van der Waals surface area contributed by atoms with Crippen molar-refractivity contribution in [3.05, 3.63) is 60.6 Å². The Morgan fingerprint density at radius 3 is 2.34 bits per heavy atom. The molecule has 3 heterocycles. The number of nitrogens with one attached hydrogen (secondary N) is 1. The van der Waals surface area contributed by atoms with Crippen LogP contribution in [-0.2, 0) is 6.42 Å². The number of methoxy groups -OCH3 is 1. The fraction of sp³-hybridized carbons (Fsp3) is 0.333. The molecule has 1 aliphatic heterocycles. The van der Waals surface area contributed by atoms with E-state index in [4.69, 9.17) is 4.74 Å². The topological polar surface area (TPSA) is 79.3 Å². The van der Waals surface area contributed by atoms with E-state index in [0.29, 0.717) is 5.95 Å². The van der Waals surface area contributed by atoms with Crippen molar-refractivity contribution >= 4 is 17.7 Å². The molecule has 2 aromatic heterocycles. The van der Waals surface area contributed by atoms with E-state index in [2.05, 4.69) is 47.2 Å². The van der Waals surface area contributed by atoms with Crippen molar-refractivity contribution in [2.45, 2.75) is 6.42 Å². The minimum absolute atomic E-state index is 0.657. The first-order valence-corrected chi connectivity index (χ1v) is 9.78. The zero-order valence-electron chi connectivity index (χ0n) is 16.5. The number of hydrogen-bond donors (Lipinski definition) is 1. The zero-order valence-corrected chi connectivity index (χ0v) is 16.5. The summed E-state index contributed by atoms with van der Waals surface area (Å²) in [6.07, 6.45) is 6.27. The Kier molecular flexibility index (Phi) is 5.99. The smallest absolute Gasteiger partial charge is 0.225 e. The first-order chi connectivity index (χ1) is 14.3. The summed E-state index contributed by atoms with van der Waals surface area (Å²) in [7, 11) is 1.68. The van der Waals surface area contributed by atoms with Gasteiger partial charge in [-0.2, -0.15) is 4.98 Å². The van der Waals surface area contributed by atoms with Gasteiger partial charge in [0.1, 0.15) is 11.6 Å². The highest BCUT2D eigenvalue weighted by atomic mass is 16.5. The number of nitrogens with zero attached hydrogens (tertiary/aromatic N) is 6. The first kappa shape index (κ1) is 18.9. The lowest BCUT2D eigenvalue weighted by molar-refractivity contribution is 0.414. The Hall–Kier alpha value is -3.42. The number of anilines is 3. The van der Waals surface area contributed by atoms with Crippen molar-refractivity contribution < 1.29 is 4.74 Å². The molecule has 1 aromatic carbocycles. The minimum atomic E-state index is 0.657.